The van der Waals surface area contributed by atoms with E-state index in [2.05, 4.69) is 27.8 Å². The Balaban J connectivity index is 2.06. The van der Waals surface area contributed by atoms with Gasteiger partial charge in [-0.05, 0) is 31.0 Å². The minimum atomic E-state index is 0.777. The van der Waals surface area contributed by atoms with Gasteiger partial charge in [0, 0.05) is 17.3 Å². The molecule has 0 fully saturated rings. The van der Waals surface area contributed by atoms with E-state index in [1.807, 2.05) is 25.1 Å². The van der Waals surface area contributed by atoms with E-state index in [4.69, 9.17) is 11.6 Å². The Hall–Kier alpha value is -1.00. The van der Waals surface area contributed by atoms with Crippen LogP contribution in [0.5, 0.6) is 0 Å². The van der Waals surface area contributed by atoms with Crippen LogP contribution < -0.4 is 0 Å². The van der Waals surface area contributed by atoms with Gasteiger partial charge in [0.15, 0.2) is 5.16 Å². The molecule has 0 N–H and O–H groups in total. The van der Waals surface area contributed by atoms with Crippen molar-refractivity contribution < 1.29 is 0 Å². The number of halogens is 1. The van der Waals surface area contributed by atoms with Gasteiger partial charge in [-0.15, -0.1) is 10.2 Å². The zero-order valence-corrected chi connectivity index (χ0v) is 12.1. The van der Waals surface area contributed by atoms with Gasteiger partial charge in [0.05, 0.1) is 0 Å². The first kappa shape index (κ1) is 13.4. The molecule has 2 aromatic rings. The second kappa shape index (κ2) is 6.25. The van der Waals surface area contributed by atoms with Crippen molar-refractivity contribution in [2.75, 3.05) is 0 Å². The summed E-state index contributed by atoms with van der Waals surface area (Å²) in [6.45, 7) is 5.12. The largest absolute Gasteiger partial charge is 0.306 e. The molecule has 5 heteroatoms. The highest BCUT2D eigenvalue weighted by atomic mass is 35.5. The number of hydrogen-bond acceptors (Lipinski definition) is 3. The van der Waals surface area contributed by atoms with Crippen molar-refractivity contribution in [1.82, 2.24) is 14.8 Å². The lowest BCUT2D eigenvalue weighted by molar-refractivity contribution is 0.605. The van der Waals surface area contributed by atoms with Crippen LogP contribution in [0.4, 0.5) is 0 Å². The minimum absolute atomic E-state index is 0.777. The van der Waals surface area contributed by atoms with Gasteiger partial charge in [-0.2, -0.15) is 0 Å². The van der Waals surface area contributed by atoms with Crippen molar-refractivity contribution in [1.29, 1.82) is 0 Å². The summed E-state index contributed by atoms with van der Waals surface area (Å²) in [5.74, 6) is 1.84. The molecule has 0 spiro atoms. The minimum Gasteiger partial charge on any atom is -0.306 e. The van der Waals surface area contributed by atoms with Gasteiger partial charge >= 0.3 is 0 Å². The summed E-state index contributed by atoms with van der Waals surface area (Å²) in [5.41, 5.74) is 1.20. The lowest BCUT2D eigenvalue weighted by Crippen LogP contribution is -2.01. The maximum atomic E-state index is 5.97. The van der Waals surface area contributed by atoms with Crippen LogP contribution in [0.1, 0.15) is 24.7 Å². The lowest BCUT2D eigenvalue weighted by atomic mass is 10.2. The summed E-state index contributed by atoms with van der Waals surface area (Å²) in [6, 6.07) is 7.92. The van der Waals surface area contributed by atoms with Gasteiger partial charge in [0.1, 0.15) is 5.82 Å². The fraction of sp³-hybridized carbons (Fsp3) is 0.385. The van der Waals surface area contributed by atoms with Gasteiger partial charge in [-0.25, -0.2) is 0 Å². The first-order valence-corrected chi connectivity index (χ1v) is 7.34. The standard InChI is InChI=1S/C13H16ClN3S/c1-3-7-17-10(2)15-16-13(17)18-9-11-5-4-6-12(14)8-11/h4-6,8H,3,7,9H2,1-2H3. The summed E-state index contributed by atoms with van der Waals surface area (Å²) < 4.78 is 2.16. The first-order valence-electron chi connectivity index (χ1n) is 5.97. The molecule has 0 amide bonds. The summed E-state index contributed by atoms with van der Waals surface area (Å²) >= 11 is 7.67. The zero-order chi connectivity index (χ0) is 13.0. The Labute approximate surface area is 117 Å². The number of aromatic nitrogens is 3. The predicted molar refractivity (Wildman–Crippen MR) is 76.1 cm³/mol. The van der Waals surface area contributed by atoms with E-state index >= 15 is 0 Å². The average Bonchev–Trinajstić information content (AvgIpc) is 2.69. The molecule has 0 aliphatic rings. The van der Waals surface area contributed by atoms with Crippen molar-refractivity contribution in [2.45, 2.75) is 37.7 Å². The van der Waals surface area contributed by atoms with Crippen LogP contribution in [-0.2, 0) is 12.3 Å². The number of aryl methyl sites for hydroxylation is 1. The zero-order valence-electron chi connectivity index (χ0n) is 10.6. The van der Waals surface area contributed by atoms with E-state index in [0.717, 1.165) is 34.7 Å². The predicted octanol–water partition coefficient (Wildman–Crippen LogP) is 3.94. The van der Waals surface area contributed by atoms with Crippen LogP contribution in [0.3, 0.4) is 0 Å². The molecule has 3 nitrogen and oxygen atoms in total. The molecule has 2 rings (SSSR count). The first-order chi connectivity index (χ1) is 8.70. The van der Waals surface area contributed by atoms with Crippen molar-refractivity contribution in [3.05, 3.63) is 40.7 Å². The lowest BCUT2D eigenvalue weighted by Gasteiger charge is -2.06. The third-order valence-electron chi connectivity index (χ3n) is 2.61. The van der Waals surface area contributed by atoms with E-state index in [9.17, 15) is 0 Å². The molecule has 1 aromatic heterocycles. The Morgan fingerprint density at radius 1 is 1.33 bits per heavy atom. The molecule has 96 valence electrons. The second-order valence-electron chi connectivity index (χ2n) is 4.10. The van der Waals surface area contributed by atoms with Crippen LogP contribution in [0.2, 0.25) is 5.02 Å². The third-order valence-corrected chi connectivity index (χ3v) is 3.88. The van der Waals surface area contributed by atoms with Gasteiger partial charge in [-0.1, -0.05) is 42.4 Å². The Morgan fingerprint density at radius 3 is 2.89 bits per heavy atom. The maximum Gasteiger partial charge on any atom is 0.191 e. The van der Waals surface area contributed by atoms with Crippen LogP contribution >= 0.6 is 23.4 Å². The third kappa shape index (κ3) is 3.27. The average molecular weight is 282 g/mol. The van der Waals surface area contributed by atoms with Crippen molar-refractivity contribution in [3.63, 3.8) is 0 Å². The quantitative estimate of drug-likeness (QED) is 0.778. The van der Waals surface area contributed by atoms with Crippen LogP contribution in [-0.4, -0.2) is 14.8 Å². The van der Waals surface area contributed by atoms with Gasteiger partial charge in [-0.3, -0.25) is 0 Å². The molecule has 0 unspecified atom stereocenters. The summed E-state index contributed by atoms with van der Waals surface area (Å²) in [6.07, 6.45) is 1.09. The fourth-order valence-electron chi connectivity index (χ4n) is 1.72. The number of rotatable bonds is 5. The fourth-order valence-corrected chi connectivity index (χ4v) is 2.89. The molecule has 1 aromatic carbocycles. The van der Waals surface area contributed by atoms with Crippen molar-refractivity contribution in [2.24, 2.45) is 0 Å². The normalized spacial score (nSPS) is 10.8. The molecule has 0 bridgehead atoms. The summed E-state index contributed by atoms with van der Waals surface area (Å²) in [7, 11) is 0. The highest BCUT2D eigenvalue weighted by Gasteiger charge is 2.08. The van der Waals surface area contributed by atoms with E-state index in [0.29, 0.717) is 0 Å². The molecular formula is C13H16ClN3S. The number of hydrogen-bond donors (Lipinski definition) is 0. The molecule has 0 aliphatic carbocycles. The van der Waals surface area contributed by atoms with Crippen molar-refractivity contribution in [3.8, 4) is 0 Å². The Morgan fingerprint density at radius 2 is 2.17 bits per heavy atom. The van der Waals surface area contributed by atoms with E-state index < -0.39 is 0 Å². The molecule has 0 saturated carbocycles. The van der Waals surface area contributed by atoms with Gasteiger partial charge in [0.25, 0.3) is 0 Å². The molecule has 0 atom stereocenters. The van der Waals surface area contributed by atoms with E-state index in [-0.39, 0.29) is 0 Å². The van der Waals surface area contributed by atoms with Gasteiger partial charge in [0.2, 0.25) is 0 Å². The molecule has 18 heavy (non-hydrogen) atoms. The van der Waals surface area contributed by atoms with Crippen molar-refractivity contribution >= 4 is 23.4 Å². The molecule has 0 saturated heterocycles. The number of thioether (sulfide) groups is 1. The van der Waals surface area contributed by atoms with Crippen LogP contribution in [0.15, 0.2) is 29.4 Å². The highest BCUT2D eigenvalue weighted by Crippen LogP contribution is 2.23. The Bertz CT molecular complexity index is 525. The molecular weight excluding hydrogens is 266 g/mol. The SMILES string of the molecule is CCCn1c(C)nnc1SCc1cccc(Cl)c1. The highest BCUT2D eigenvalue weighted by molar-refractivity contribution is 7.98. The van der Waals surface area contributed by atoms with Crippen LogP contribution in [0.25, 0.3) is 0 Å². The van der Waals surface area contributed by atoms with Gasteiger partial charge < -0.3 is 4.57 Å². The Kier molecular flexibility index (Phi) is 4.66. The molecule has 0 aliphatic heterocycles. The van der Waals surface area contributed by atoms with E-state index in [1.165, 1.54) is 5.56 Å². The number of benzene rings is 1. The second-order valence-corrected chi connectivity index (χ2v) is 5.48. The van der Waals surface area contributed by atoms with Crippen LogP contribution in [0, 0.1) is 6.92 Å². The molecule has 1 heterocycles. The molecule has 0 radical (unpaired) electrons. The smallest absolute Gasteiger partial charge is 0.191 e. The topological polar surface area (TPSA) is 30.7 Å². The summed E-state index contributed by atoms with van der Waals surface area (Å²) in [4.78, 5) is 0. The monoisotopic (exact) mass is 281 g/mol. The van der Waals surface area contributed by atoms with E-state index in [1.54, 1.807) is 11.8 Å². The number of nitrogens with zero attached hydrogens (tertiary/aromatic N) is 3. The maximum absolute atomic E-state index is 5.97. The summed E-state index contributed by atoms with van der Waals surface area (Å²) in [5, 5.41) is 10.1.